The molecule has 4 heterocycles. The Balaban J connectivity index is 1.41. The van der Waals surface area contributed by atoms with Crippen molar-refractivity contribution in [2.45, 2.75) is 19.5 Å². The summed E-state index contributed by atoms with van der Waals surface area (Å²) in [6, 6.07) is 11.5. The zero-order valence-electron chi connectivity index (χ0n) is 21.4. The smallest absolute Gasteiger partial charge is 0.263 e. The first-order valence-corrected chi connectivity index (χ1v) is 13.1. The number of thiophene rings is 1. The predicted octanol–water partition coefficient (Wildman–Crippen LogP) is 4.21. The average molecular weight is 533 g/mol. The van der Waals surface area contributed by atoms with Crippen LogP contribution in [0.3, 0.4) is 0 Å². The Labute approximate surface area is 224 Å². The number of ether oxygens (including phenoxy) is 4. The first-order valence-electron chi connectivity index (χ1n) is 12.3. The van der Waals surface area contributed by atoms with Gasteiger partial charge in [0.15, 0.2) is 23.0 Å². The number of nitrogens with zero attached hydrogens (tertiary/aromatic N) is 2. The molecular weight excluding hydrogens is 504 g/mol. The summed E-state index contributed by atoms with van der Waals surface area (Å²) in [5.41, 5.74) is 12.1. The maximum absolute atomic E-state index is 13.3. The fraction of sp³-hybridized carbons (Fsp3) is 0.286. The van der Waals surface area contributed by atoms with Gasteiger partial charge in [0.05, 0.1) is 19.9 Å². The largest absolute Gasteiger partial charge is 0.493 e. The van der Waals surface area contributed by atoms with Crippen LogP contribution in [0.2, 0.25) is 0 Å². The van der Waals surface area contributed by atoms with Crippen LogP contribution in [0.1, 0.15) is 26.5 Å². The first kappa shape index (κ1) is 24.3. The van der Waals surface area contributed by atoms with Crippen molar-refractivity contribution in [3.63, 3.8) is 0 Å². The highest BCUT2D eigenvalue weighted by atomic mass is 32.1. The summed E-state index contributed by atoms with van der Waals surface area (Å²) in [5, 5.41) is 3.80. The van der Waals surface area contributed by atoms with Crippen molar-refractivity contribution in [2.75, 3.05) is 40.3 Å². The molecule has 0 unspecified atom stereocenters. The maximum atomic E-state index is 13.3. The van der Waals surface area contributed by atoms with E-state index in [4.69, 9.17) is 29.7 Å². The second-order valence-corrected chi connectivity index (χ2v) is 10.4. The Kier molecular flexibility index (Phi) is 6.21. The van der Waals surface area contributed by atoms with Crippen molar-refractivity contribution in [1.29, 1.82) is 0 Å². The Bertz CT molecular complexity index is 1570. The summed E-state index contributed by atoms with van der Waals surface area (Å²) in [5.74, 6) is 2.42. The van der Waals surface area contributed by atoms with Crippen LogP contribution in [0, 0.1) is 0 Å². The van der Waals surface area contributed by atoms with Crippen LogP contribution in [-0.4, -0.2) is 50.4 Å². The Morgan fingerprint density at radius 3 is 2.76 bits per heavy atom. The monoisotopic (exact) mass is 532 g/mol. The summed E-state index contributed by atoms with van der Waals surface area (Å²) < 4.78 is 21.9. The van der Waals surface area contributed by atoms with Gasteiger partial charge in [0.25, 0.3) is 5.91 Å². The second kappa shape index (κ2) is 9.70. The molecule has 6 rings (SSSR count). The molecule has 38 heavy (non-hydrogen) atoms. The molecule has 196 valence electrons. The number of hydrogen-bond acceptors (Lipinski definition) is 9. The Morgan fingerprint density at radius 2 is 1.95 bits per heavy atom. The number of benzene rings is 2. The predicted molar refractivity (Wildman–Crippen MR) is 146 cm³/mol. The second-order valence-electron chi connectivity index (χ2n) is 9.36. The number of nitrogens with two attached hydrogens (primary N) is 1. The molecule has 0 bridgehead atoms. The zero-order chi connectivity index (χ0) is 26.4. The van der Waals surface area contributed by atoms with Gasteiger partial charge in [-0.25, -0.2) is 4.98 Å². The quantitative estimate of drug-likeness (QED) is 0.380. The number of nitrogens with one attached hydrogen (secondary N) is 1. The summed E-state index contributed by atoms with van der Waals surface area (Å²) in [4.78, 5) is 21.8. The molecule has 0 radical (unpaired) electrons. The van der Waals surface area contributed by atoms with Crippen LogP contribution in [0.15, 0.2) is 36.4 Å². The molecule has 0 fully saturated rings. The zero-order valence-corrected chi connectivity index (χ0v) is 22.2. The molecule has 2 aliphatic heterocycles. The minimum atomic E-state index is -0.239. The highest BCUT2D eigenvalue weighted by Gasteiger charge is 2.27. The summed E-state index contributed by atoms with van der Waals surface area (Å²) in [6.07, 6.45) is 0.825. The van der Waals surface area contributed by atoms with E-state index < -0.39 is 0 Å². The number of aromatic nitrogens is 1. The summed E-state index contributed by atoms with van der Waals surface area (Å²) >= 11 is 1.32. The van der Waals surface area contributed by atoms with Gasteiger partial charge in [0, 0.05) is 42.7 Å². The molecule has 3 N–H and O–H groups in total. The number of hydrogen-bond donors (Lipinski definition) is 2. The molecule has 4 aromatic rings. The number of anilines is 1. The minimum absolute atomic E-state index is 0.207. The number of nitrogen functional groups attached to an aromatic ring is 1. The molecule has 1 amide bonds. The number of likely N-dealkylation sites (N-methyl/N-ethyl adjacent to an activating group) is 1. The van der Waals surface area contributed by atoms with E-state index in [1.807, 2.05) is 36.4 Å². The lowest BCUT2D eigenvalue weighted by Crippen LogP contribution is -2.28. The van der Waals surface area contributed by atoms with Crippen molar-refractivity contribution < 1.29 is 23.7 Å². The van der Waals surface area contributed by atoms with E-state index in [1.165, 1.54) is 11.3 Å². The Morgan fingerprint density at radius 1 is 1.13 bits per heavy atom. The van der Waals surface area contributed by atoms with Crippen LogP contribution in [0.5, 0.6) is 23.0 Å². The molecule has 9 nitrogen and oxygen atoms in total. The SMILES string of the molecule is COc1ccc(-c2c3c(nc4sc(C(=O)NCc5ccc6c(c5)OCO6)c(N)c24)CCN(C)C3)cc1OC. The van der Waals surface area contributed by atoms with Crippen LogP contribution < -0.4 is 30.0 Å². The molecule has 0 spiro atoms. The van der Waals surface area contributed by atoms with Gasteiger partial charge in [-0.1, -0.05) is 12.1 Å². The van der Waals surface area contributed by atoms with Crippen LogP contribution >= 0.6 is 11.3 Å². The molecule has 0 atom stereocenters. The van der Waals surface area contributed by atoms with E-state index in [1.54, 1.807) is 14.2 Å². The highest BCUT2D eigenvalue weighted by molar-refractivity contribution is 7.21. The van der Waals surface area contributed by atoms with Crippen LogP contribution in [0.25, 0.3) is 21.3 Å². The molecule has 0 aliphatic carbocycles. The number of amides is 1. The van der Waals surface area contributed by atoms with Crippen LogP contribution in [-0.2, 0) is 19.5 Å². The van der Waals surface area contributed by atoms with Gasteiger partial charge in [-0.2, -0.15) is 0 Å². The number of pyridine rings is 1. The number of fused-ring (bicyclic) bond motifs is 3. The van der Waals surface area contributed by atoms with Crippen molar-refractivity contribution in [1.82, 2.24) is 15.2 Å². The standard InChI is InChI=1S/C28H28N4O5S/c1-32-9-8-18-17(13-32)23(16-5-7-19(34-2)21(11-16)35-3)24-25(29)26(38-28(24)31-18)27(33)30-12-15-4-6-20-22(10-15)37-14-36-20/h4-7,10-11H,8-9,12-14,29H2,1-3H3,(H,30,33). The summed E-state index contributed by atoms with van der Waals surface area (Å²) in [7, 11) is 5.33. The van der Waals surface area contributed by atoms with E-state index in [0.717, 1.165) is 57.7 Å². The van der Waals surface area contributed by atoms with Gasteiger partial charge in [-0.3, -0.25) is 4.79 Å². The van der Waals surface area contributed by atoms with Gasteiger partial charge in [-0.15, -0.1) is 11.3 Å². The van der Waals surface area contributed by atoms with Gasteiger partial charge in [0.1, 0.15) is 9.71 Å². The van der Waals surface area contributed by atoms with Crippen molar-refractivity contribution in [3.05, 3.63) is 58.1 Å². The average Bonchev–Trinajstić information content (AvgIpc) is 3.54. The molecule has 10 heteroatoms. The number of rotatable bonds is 6. The minimum Gasteiger partial charge on any atom is -0.493 e. The number of methoxy groups -OCH3 is 2. The van der Waals surface area contributed by atoms with Gasteiger partial charge >= 0.3 is 0 Å². The van der Waals surface area contributed by atoms with Gasteiger partial charge < -0.3 is 34.9 Å². The van der Waals surface area contributed by atoms with Gasteiger partial charge in [0.2, 0.25) is 6.79 Å². The van der Waals surface area contributed by atoms with Crippen molar-refractivity contribution >= 4 is 33.1 Å². The van der Waals surface area contributed by atoms with Gasteiger partial charge in [-0.05, 0) is 48.0 Å². The lowest BCUT2D eigenvalue weighted by atomic mass is 9.92. The third-order valence-corrected chi connectivity index (χ3v) is 8.09. The molecular formula is C28H28N4O5S. The van der Waals surface area contributed by atoms with E-state index in [9.17, 15) is 4.79 Å². The number of carbonyl (C=O) groups excluding carboxylic acids is 1. The highest BCUT2D eigenvalue weighted by Crippen LogP contribution is 2.45. The van der Waals surface area contributed by atoms with Crippen molar-refractivity contribution in [2.24, 2.45) is 0 Å². The molecule has 0 saturated heterocycles. The maximum Gasteiger partial charge on any atom is 0.263 e. The van der Waals surface area contributed by atoms with E-state index in [0.29, 0.717) is 40.1 Å². The summed E-state index contributed by atoms with van der Waals surface area (Å²) in [6.45, 7) is 2.20. The molecule has 2 aromatic carbocycles. The van der Waals surface area contributed by atoms with E-state index >= 15 is 0 Å². The fourth-order valence-electron chi connectivity index (χ4n) is 5.05. The first-order chi connectivity index (χ1) is 18.5. The normalized spacial score (nSPS) is 14.4. The topological polar surface area (TPSA) is 108 Å². The molecule has 2 aromatic heterocycles. The van der Waals surface area contributed by atoms with Crippen LogP contribution in [0.4, 0.5) is 5.69 Å². The molecule has 2 aliphatic rings. The number of carbonyl (C=O) groups is 1. The Hall–Kier alpha value is -4.02. The van der Waals surface area contributed by atoms with E-state index in [2.05, 4.69) is 17.3 Å². The third kappa shape index (κ3) is 4.15. The lowest BCUT2D eigenvalue weighted by Gasteiger charge is -2.27. The third-order valence-electron chi connectivity index (χ3n) is 6.99. The van der Waals surface area contributed by atoms with E-state index in [-0.39, 0.29) is 12.7 Å². The lowest BCUT2D eigenvalue weighted by molar-refractivity contribution is 0.0955. The molecule has 0 saturated carbocycles. The van der Waals surface area contributed by atoms with Crippen molar-refractivity contribution in [3.8, 4) is 34.1 Å². The fourth-order valence-corrected chi connectivity index (χ4v) is 6.09.